The second-order valence-corrected chi connectivity index (χ2v) is 17.9. The lowest BCUT2D eigenvalue weighted by Crippen LogP contribution is -2.49. The Hall–Kier alpha value is -6.74. The molecule has 0 radical (unpaired) electrons. The average molecular weight is 919 g/mol. The zero-order valence-electron chi connectivity index (χ0n) is 39.5. The normalized spacial score (nSPS) is 16.1. The zero-order valence-corrected chi connectivity index (χ0v) is 39.5. The van der Waals surface area contributed by atoms with Crippen LogP contribution in [0.25, 0.3) is 5.76 Å². The Morgan fingerprint density at radius 1 is 0.731 bits per heavy atom. The maximum atomic E-state index is 13.1. The van der Waals surface area contributed by atoms with Gasteiger partial charge in [0.15, 0.2) is 11.6 Å². The molecule has 0 bridgehead atoms. The van der Waals surface area contributed by atoms with E-state index in [2.05, 4.69) is 9.97 Å². The van der Waals surface area contributed by atoms with Crippen LogP contribution < -0.4 is 9.47 Å². The van der Waals surface area contributed by atoms with Crippen molar-refractivity contribution in [3.05, 3.63) is 125 Å². The van der Waals surface area contributed by atoms with Gasteiger partial charge in [0, 0.05) is 105 Å². The van der Waals surface area contributed by atoms with E-state index in [4.69, 9.17) is 24.1 Å². The number of carboxylic acid groups (broad SMARTS) is 1. The lowest BCUT2D eigenvalue weighted by Gasteiger charge is -2.43. The van der Waals surface area contributed by atoms with Gasteiger partial charge >= 0.3 is 0 Å². The Labute approximate surface area is 392 Å². The van der Waals surface area contributed by atoms with Crippen LogP contribution in [0.15, 0.2) is 91.5 Å². The number of Topliss-reactive ketones (excluding diaryl/α,β-unsaturated/α-hetero) is 2. The minimum absolute atomic E-state index is 0.000733. The number of likely N-dealkylation sites (tertiary alicyclic amines) is 2. The summed E-state index contributed by atoms with van der Waals surface area (Å²) in [5.41, 5.74) is 2.49. The van der Waals surface area contributed by atoms with E-state index in [0.29, 0.717) is 80.7 Å². The summed E-state index contributed by atoms with van der Waals surface area (Å²) in [6.45, 7) is 14.6. The van der Waals surface area contributed by atoms with Crippen LogP contribution in [0, 0.1) is 13.8 Å². The van der Waals surface area contributed by atoms with Gasteiger partial charge < -0.3 is 34.2 Å². The molecule has 4 aromatic rings. The summed E-state index contributed by atoms with van der Waals surface area (Å²) < 4.78 is 17.8. The number of ether oxygens (including phenoxy) is 3. The van der Waals surface area contributed by atoms with Crippen molar-refractivity contribution in [2.24, 2.45) is 0 Å². The summed E-state index contributed by atoms with van der Waals surface area (Å²) in [7, 11) is 0. The van der Waals surface area contributed by atoms with Crippen molar-refractivity contribution in [1.29, 1.82) is 0 Å². The van der Waals surface area contributed by atoms with Gasteiger partial charge in [0.1, 0.15) is 28.6 Å². The number of aromatic nitrogens is 2. The molecule has 0 aliphatic carbocycles. The number of carboxylic acids is 1. The van der Waals surface area contributed by atoms with Crippen molar-refractivity contribution in [2.45, 2.75) is 117 Å². The first-order chi connectivity index (χ1) is 31.7. The second-order valence-electron chi connectivity index (χ2n) is 17.9. The lowest BCUT2D eigenvalue weighted by molar-refractivity contribution is -0.134. The van der Waals surface area contributed by atoms with Crippen LogP contribution in [0.3, 0.4) is 0 Å². The van der Waals surface area contributed by atoms with E-state index in [1.54, 1.807) is 53.8 Å². The monoisotopic (exact) mass is 918 g/mol. The van der Waals surface area contributed by atoms with Crippen molar-refractivity contribution < 1.29 is 53.2 Å². The molecule has 0 unspecified atom stereocenters. The number of hydrogen-bond acceptors (Lipinski definition) is 12. The van der Waals surface area contributed by atoms with Crippen molar-refractivity contribution in [1.82, 2.24) is 19.8 Å². The van der Waals surface area contributed by atoms with Gasteiger partial charge in [0.2, 0.25) is 0 Å². The highest BCUT2D eigenvalue weighted by Gasteiger charge is 2.43. The van der Waals surface area contributed by atoms with Gasteiger partial charge in [0.05, 0.1) is 30.7 Å². The predicted molar refractivity (Wildman–Crippen MR) is 251 cm³/mol. The van der Waals surface area contributed by atoms with E-state index in [0.717, 1.165) is 35.1 Å². The number of hydrogen-bond donors (Lipinski definition) is 2. The number of piperidine rings is 2. The maximum absolute atomic E-state index is 13.1. The number of ketones is 3. The Kier molecular flexibility index (Phi) is 17.7. The van der Waals surface area contributed by atoms with Crippen LogP contribution in [0.4, 0.5) is 0 Å². The molecule has 3 aliphatic rings. The minimum atomic E-state index is -1.20. The molecule has 3 aliphatic heterocycles. The molecule has 2 fully saturated rings. The number of carbonyl (C=O) groups is 6. The van der Waals surface area contributed by atoms with Crippen molar-refractivity contribution in [3.8, 4) is 11.5 Å². The van der Waals surface area contributed by atoms with Gasteiger partial charge in [-0.2, -0.15) is 0 Å². The molecule has 67 heavy (non-hydrogen) atoms. The zero-order chi connectivity index (χ0) is 48.9. The molecule has 15 nitrogen and oxygen atoms in total. The van der Waals surface area contributed by atoms with E-state index >= 15 is 0 Å². The number of benzene rings is 2. The number of carbonyl (C=O) groups excluding carboxylic acids is 5. The number of rotatable bonds is 12. The van der Waals surface area contributed by atoms with Crippen LogP contribution in [-0.2, 0) is 19.1 Å². The molecule has 356 valence electrons. The highest BCUT2D eigenvalue weighted by molar-refractivity contribution is 6.08. The Morgan fingerprint density at radius 3 is 1.67 bits per heavy atom. The van der Waals surface area contributed by atoms with Crippen LogP contribution in [-0.4, -0.2) is 115 Å². The van der Waals surface area contributed by atoms with Gasteiger partial charge in [-0.25, -0.2) is 0 Å². The summed E-state index contributed by atoms with van der Waals surface area (Å²) in [5.74, 6) is 0.624. The topological polar surface area (TPSA) is 203 Å². The van der Waals surface area contributed by atoms with Gasteiger partial charge in [-0.15, -0.1) is 0 Å². The molecule has 5 heterocycles. The first kappa shape index (κ1) is 51.2. The molecular formula is C52H62N4O11. The summed E-state index contributed by atoms with van der Waals surface area (Å²) in [5, 5.41) is 18.3. The number of pyridine rings is 2. The molecule has 7 rings (SSSR count). The third kappa shape index (κ3) is 14.9. The van der Waals surface area contributed by atoms with Crippen LogP contribution in [0.2, 0.25) is 0 Å². The third-order valence-corrected chi connectivity index (χ3v) is 11.4. The van der Waals surface area contributed by atoms with Crippen molar-refractivity contribution in [2.75, 3.05) is 26.2 Å². The van der Waals surface area contributed by atoms with Gasteiger partial charge in [-0.1, -0.05) is 0 Å². The van der Waals surface area contributed by atoms with Gasteiger partial charge in [0.25, 0.3) is 17.8 Å². The van der Waals surface area contributed by atoms with E-state index in [1.165, 1.54) is 6.20 Å². The largest absolute Gasteiger partial charge is 0.491 e. The van der Waals surface area contributed by atoms with Crippen molar-refractivity contribution in [3.63, 3.8) is 0 Å². The summed E-state index contributed by atoms with van der Waals surface area (Å²) in [4.78, 5) is 83.5. The smallest absolute Gasteiger partial charge is 0.300 e. The fraction of sp³-hybridized carbons (Fsp3) is 0.423. The number of aryl methyl sites for hydroxylation is 2. The van der Waals surface area contributed by atoms with E-state index in [1.807, 2.05) is 82.8 Å². The Balaban J connectivity index is 0.000000232. The Bertz CT molecular complexity index is 2410. The van der Waals surface area contributed by atoms with E-state index < -0.39 is 17.2 Å². The minimum Gasteiger partial charge on any atom is -0.491 e. The molecule has 2 aromatic carbocycles. The lowest BCUT2D eigenvalue weighted by atomic mass is 9.84. The average Bonchev–Trinajstić information content (AvgIpc) is 3.28. The molecule has 2 saturated heterocycles. The van der Waals surface area contributed by atoms with Gasteiger partial charge in [-0.3, -0.25) is 38.7 Å². The van der Waals surface area contributed by atoms with Gasteiger partial charge in [-0.05, 0) is 126 Å². The molecule has 0 saturated carbocycles. The predicted octanol–water partition coefficient (Wildman–Crippen LogP) is 7.65. The van der Waals surface area contributed by atoms with Crippen molar-refractivity contribution >= 4 is 40.9 Å². The van der Waals surface area contributed by atoms with Crippen LogP contribution in [0.5, 0.6) is 11.5 Å². The van der Waals surface area contributed by atoms with Crippen LogP contribution >= 0.6 is 0 Å². The molecule has 1 spiro atoms. The molecule has 2 amide bonds. The first-order valence-corrected chi connectivity index (χ1v) is 22.6. The SMILES string of the molecule is CC(=O)O.Cc1cc(C(=O)N2CCC(O)(CC(=O)CC(=O)c3cccnc3)CC2)ccc1OC(C)C.Cc1cc(C(=O)N2CCC3(CC2)CC(=O)C=C(c2cccnc2)O3)ccc1OC(C)C. The second kappa shape index (κ2) is 23.1. The molecular weight excluding hydrogens is 857 g/mol. The molecule has 15 heteroatoms. The number of allylic oxidation sites excluding steroid dienone is 1. The fourth-order valence-corrected chi connectivity index (χ4v) is 8.10. The molecule has 0 atom stereocenters. The summed E-state index contributed by atoms with van der Waals surface area (Å²) in [6, 6.07) is 17.9. The maximum Gasteiger partial charge on any atom is 0.300 e. The van der Waals surface area contributed by atoms with Crippen LogP contribution in [0.1, 0.15) is 127 Å². The van der Waals surface area contributed by atoms with E-state index in [9.17, 15) is 29.1 Å². The first-order valence-electron chi connectivity index (χ1n) is 22.6. The number of aliphatic carboxylic acids is 1. The number of aliphatic hydroxyl groups is 1. The highest BCUT2D eigenvalue weighted by atomic mass is 16.5. The third-order valence-electron chi connectivity index (χ3n) is 11.4. The standard InChI is InChI=1S/C25H30N2O5.C25H28N2O4.C2H4O2/c1-17(2)32-23-7-6-19(13-18(23)3)24(30)27-11-8-25(31,9-12-27)15-21(28)14-22(29)20-5-4-10-26-16-20;1-17(2)30-22-7-6-19(13-18(22)3)24(29)27-11-8-25(9-12-27)15-21(28)14-23(31-25)20-5-4-10-26-16-20;1-2(3)4/h4-7,10,13,16-17,31H,8-9,11-12,14-15H2,1-3H3;4-7,10,13-14,16-17H,8-9,11-12,15H2,1-3H3;1H3,(H,3,4). The fourth-order valence-electron chi connectivity index (χ4n) is 8.10. The summed E-state index contributed by atoms with van der Waals surface area (Å²) in [6.07, 6.45) is 9.89. The number of nitrogens with zero attached hydrogens (tertiary/aromatic N) is 4. The molecule has 2 aromatic heterocycles. The highest BCUT2D eigenvalue weighted by Crippen LogP contribution is 2.39. The number of amides is 2. The molecule has 2 N–H and O–H groups in total. The quantitative estimate of drug-likeness (QED) is 0.104. The summed E-state index contributed by atoms with van der Waals surface area (Å²) >= 11 is 0. The Morgan fingerprint density at radius 2 is 1.22 bits per heavy atom. The van der Waals surface area contributed by atoms with E-state index in [-0.39, 0.29) is 54.2 Å².